The van der Waals surface area contributed by atoms with Crippen LogP contribution >= 0.6 is 11.3 Å². The lowest BCUT2D eigenvalue weighted by Crippen LogP contribution is -2.10. The molecule has 2 nitrogen and oxygen atoms in total. The second-order valence-electron chi connectivity index (χ2n) is 5.77. The maximum atomic E-state index is 4.82. The molecule has 92 valence electrons. The Morgan fingerprint density at radius 2 is 1.94 bits per heavy atom. The predicted molar refractivity (Wildman–Crippen MR) is 72.1 cm³/mol. The van der Waals surface area contributed by atoms with Crippen LogP contribution < -0.4 is 5.32 Å². The van der Waals surface area contributed by atoms with Gasteiger partial charge in [0.1, 0.15) is 0 Å². The van der Waals surface area contributed by atoms with E-state index >= 15 is 0 Å². The third-order valence-corrected chi connectivity index (χ3v) is 3.88. The van der Waals surface area contributed by atoms with E-state index in [0.717, 1.165) is 13.0 Å². The smallest absolute Gasteiger partial charge is 0.0985 e. The van der Waals surface area contributed by atoms with Gasteiger partial charge in [-0.2, -0.15) is 0 Å². The molecule has 0 aliphatic carbocycles. The summed E-state index contributed by atoms with van der Waals surface area (Å²) in [6.45, 7) is 12.1. The maximum Gasteiger partial charge on any atom is 0.0985 e. The first-order valence-corrected chi connectivity index (χ1v) is 6.80. The van der Waals surface area contributed by atoms with E-state index in [2.05, 4.69) is 39.9 Å². The van der Waals surface area contributed by atoms with Crippen LogP contribution in [0.15, 0.2) is 0 Å². The summed E-state index contributed by atoms with van der Waals surface area (Å²) in [4.78, 5) is 6.22. The average Bonchev–Trinajstić information content (AvgIpc) is 2.47. The molecule has 0 radical (unpaired) electrons. The fraction of sp³-hybridized carbons (Fsp3) is 0.769. The first-order chi connectivity index (χ1) is 7.34. The molecule has 16 heavy (non-hydrogen) atoms. The molecule has 0 aromatic carbocycles. The number of aromatic nitrogens is 1. The molecule has 0 amide bonds. The molecule has 3 heteroatoms. The average molecular weight is 240 g/mol. The molecule has 0 fully saturated rings. The van der Waals surface area contributed by atoms with Gasteiger partial charge < -0.3 is 5.32 Å². The van der Waals surface area contributed by atoms with Gasteiger partial charge in [-0.15, -0.1) is 11.3 Å². The molecule has 1 heterocycles. The van der Waals surface area contributed by atoms with Gasteiger partial charge in [0.05, 0.1) is 10.7 Å². The maximum absolute atomic E-state index is 4.82. The zero-order valence-electron chi connectivity index (χ0n) is 11.3. The highest BCUT2D eigenvalue weighted by atomic mass is 32.1. The zero-order valence-corrected chi connectivity index (χ0v) is 12.2. The number of rotatable bonds is 4. The van der Waals surface area contributed by atoms with Crippen LogP contribution in [0.2, 0.25) is 0 Å². The summed E-state index contributed by atoms with van der Waals surface area (Å²) >= 11 is 1.86. The first kappa shape index (κ1) is 13.7. The molecular formula is C13H24N2S. The van der Waals surface area contributed by atoms with Crippen molar-refractivity contribution in [3.05, 3.63) is 15.6 Å². The lowest BCUT2D eigenvalue weighted by atomic mass is 9.98. The third-order valence-electron chi connectivity index (χ3n) is 2.36. The second-order valence-corrected chi connectivity index (χ2v) is 6.85. The fourth-order valence-electron chi connectivity index (χ4n) is 1.55. The highest BCUT2D eigenvalue weighted by Gasteiger charge is 2.21. The van der Waals surface area contributed by atoms with Crippen LogP contribution in [-0.4, -0.2) is 12.0 Å². The number of thiazole rings is 1. The molecule has 0 bridgehead atoms. The Labute approximate surface area is 103 Å². The fourth-order valence-corrected chi connectivity index (χ4v) is 2.71. The van der Waals surface area contributed by atoms with Gasteiger partial charge in [0.25, 0.3) is 0 Å². The van der Waals surface area contributed by atoms with Crippen molar-refractivity contribution in [2.75, 3.05) is 7.05 Å². The van der Waals surface area contributed by atoms with Crippen LogP contribution in [-0.2, 0) is 18.4 Å². The van der Waals surface area contributed by atoms with Crippen LogP contribution in [0, 0.1) is 5.92 Å². The number of nitrogens with one attached hydrogen (secondary N) is 1. The van der Waals surface area contributed by atoms with E-state index in [1.54, 1.807) is 0 Å². The summed E-state index contributed by atoms with van der Waals surface area (Å²) in [6.07, 6.45) is 1.09. The third kappa shape index (κ3) is 3.56. The largest absolute Gasteiger partial charge is 0.315 e. The molecule has 1 N–H and O–H groups in total. The summed E-state index contributed by atoms with van der Waals surface area (Å²) in [5.41, 5.74) is 1.46. The molecule has 0 saturated carbocycles. The van der Waals surface area contributed by atoms with Crippen molar-refractivity contribution in [3.8, 4) is 0 Å². The monoisotopic (exact) mass is 240 g/mol. The minimum absolute atomic E-state index is 0.169. The molecule has 1 rings (SSSR count). The molecule has 1 aromatic heterocycles. The van der Waals surface area contributed by atoms with Crippen LogP contribution in [0.3, 0.4) is 0 Å². The van der Waals surface area contributed by atoms with Crippen molar-refractivity contribution < 1.29 is 0 Å². The lowest BCUT2D eigenvalue weighted by molar-refractivity contribution is 0.575. The van der Waals surface area contributed by atoms with Crippen molar-refractivity contribution in [2.24, 2.45) is 5.92 Å². The topological polar surface area (TPSA) is 24.9 Å². The van der Waals surface area contributed by atoms with Gasteiger partial charge in [0.15, 0.2) is 0 Å². The highest BCUT2D eigenvalue weighted by molar-refractivity contribution is 7.11. The standard InChI is InChI=1S/C13H24N2S/c1-9(2)7-10-11(8-14-6)16-12(15-10)13(3,4)5/h9,14H,7-8H2,1-6H3. The van der Waals surface area contributed by atoms with Gasteiger partial charge in [0.2, 0.25) is 0 Å². The van der Waals surface area contributed by atoms with E-state index in [-0.39, 0.29) is 5.41 Å². The van der Waals surface area contributed by atoms with Gasteiger partial charge in [0, 0.05) is 16.8 Å². The van der Waals surface area contributed by atoms with Gasteiger partial charge in [-0.05, 0) is 19.4 Å². The Bertz CT molecular complexity index is 334. The molecular weight excluding hydrogens is 216 g/mol. The SMILES string of the molecule is CNCc1sc(C(C)(C)C)nc1CC(C)C. The van der Waals surface area contributed by atoms with E-state index in [1.165, 1.54) is 15.6 Å². The van der Waals surface area contributed by atoms with Crippen molar-refractivity contribution in [1.82, 2.24) is 10.3 Å². The minimum Gasteiger partial charge on any atom is -0.315 e. The summed E-state index contributed by atoms with van der Waals surface area (Å²) in [5.74, 6) is 0.672. The van der Waals surface area contributed by atoms with E-state index in [4.69, 9.17) is 4.98 Å². The van der Waals surface area contributed by atoms with Crippen molar-refractivity contribution in [1.29, 1.82) is 0 Å². The van der Waals surface area contributed by atoms with Crippen LogP contribution in [0.4, 0.5) is 0 Å². The first-order valence-electron chi connectivity index (χ1n) is 5.98. The minimum atomic E-state index is 0.169. The molecule has 0 saturated heterocycles. The van der Waals surface area contributed by atoms with E-state index in [9.17, 15) is 0 Å². The number of nitrogens with zero attached hydrogens (tertiary/aromatic N) is 1. The Kier molecular flexibility index (Phi) is 4.51. The van der Waals surface area contributed by atoms with E-state index in [1.807, 2.05) is 18.4 Å². The van der Waals surface area contributed by atoms with Crippen molar-refractivity contribution in [2.45, 2.75) is 53.0 Å². The summed E-state index contributed by atoms with van der Waals surface area (Å²) in [7, 11) is 2.00. The van der Waals surface area contributed by atoms with Crippen molar-refractivity contribution >= 4 is 11.3 Å². The summed E-state index contributed by atoms with van der Waals surface area (Å²) in [6, 6.07) is 0. The van der Waals surface area contributed by atoms with Crippen molar-refractivity contribution in [3.63, 3.8) is 0 Å². The lowest BCUT2D eigenvalue weighted by Gasteiger charge is -2.13. The van der Waals surface area contributed by atoms with Crippen LogP contribution in [0.5, 0.6) is 0 Å². The van der Waals surface area contributed by atoms with E-state index < -0.39 is 0 Å². The molecule has 0 aliphatic rings. The summed E-state index contributed by atoms with van der Waals surface area (Å²) in [5, 5.41) is 4.49. The van der Waals surface area contributed by atoms with Crippen LogP contribution in [0.25, 0.3) is 0 Å². The number of hydrogen-bond donors (Lipinski definition) is 1. The Balaban J connectivity index is 3.00. The highest BCUT2D eigenvalue weighted by Crippen LogP contribution is 2.30. The van der Waals surface area contributed by atoms with Crippen LogP contribution in [0.1, 0.15) is 50.2 Å². The molecule has 0 aliphatic heterocycles. The van der Waals surface area contributed by atoms with Gasteiger partial charge in [-0.1, -0.05) is 34.6 Å². The normalized spacial score (nSPS) is 12.4. The second kappa shape index (κ2) is 5.28. The Hall–Kier alpha value is -0.410. The Morgan fingerprint density at radius 3 is 2.38 bits per heavy atom. The Morgan fingerprint density at radius 1 is 1.31 bits per heavy atom. The molecule has 0 unspecified atom stereocenters. The zero-order chi connectivity index (χ0) is 12.3. The predicted octanol–water partition coefficient (Wildman–Crippen LogP) is 3.36. The molecule has 1 aromatic rings. The van der Waals surface area contributed by atoms with E-state index in [0.29, 0.717) is 5.92 Å². The van der Waals surface area contributed by atoms with Gasteiger partial charge in [-0.3, -0.25) is 0 Å². The summed E-state index contributed by atoms with van der Waals surface area (Å²) < 4.78 is 0. The molecule has 0 atom stereocenters. The quantitative estimate of drug-likeness (QED) is 0.873. The number of hydrogen-bond acceptors (Lipinski definition) is 3. The van der Waals surface area contributed by atoms with Gasteiger partial charge in [-0.25, -0.2) is 4.98 Å². The molecule has 0 spiro atoms. The van der Waals surface area contributed by atoms with Gasteiger partial charge >= 0.3 is 0 Å².